The predicted octanol–water partition coefficient (Wildman–Crippen LogP) is 2.09. The molecule has 2 heterocycles. The van der Waals surface area contributed by atoms with E-state index in [0.717, 1.165) is 19.5 Å². The number of likely N-dealkylation sites (tertiary alicyclic amines) is 1. The highest BCUT2D eigenvalue weighted by atomic mass is 32.2. The molecule has 0 unspecified atom stereocenters. The van der Waals surface area contributed by atoms with Crippen molar-refractivity contribution in [2.75, 3.05) is 45.9 Å². The van der Waals surface area contributed by atoms with Gasteiger partial charge in [-0.15, -0.1) is 0 Å². The molecule has 1 N–H and O–H groups in total. The van der Waals surface area contributed by atoms with Crippen molar-refractivity contribution in [2.45, 2.75) is 50.0 Å². The molecule has 2 aliphatic heterocycles. The van der Waals surface area contributed by atoms with Crippen molar-refractivity contribution in [1.82, 2.24) is 14.5 Å². The second kappa shape index (κ2) is 10.5. The molecule has 0 saturated carbocycles. The van der Waals surface area contributed by atoms with Crippen LogP contribution < -0.4 is 5.32 Å². The molecule has 1 atom stereocenters. The van der Waals surface area contributed by atoms with Crippen molar-refractivity contribution in [3.63, 3.8) is 0 Å². The monoisotopic (exact) mass is 423 g/mol. The summed E-state index contributed by atoms with van der Waals surface area (Å²) in [7, 11) is -3.53. The summed E-state index contributed by atoms with van der Waals surface area (Å²) >= 11 is 0. The second-order valence-electron chi connectivity index (χ2n) is 7.74. The average Bonchev–Trinajstić information content (AvgIpc) is 2.77. The Morgan fingerprint density at radius 2 is 1.86 bits per heavy atom. The van der Waals surface area contributed by atoms with E-state index in [1.807, 2.05) is 0 Å². The quantitative estimate of drug-likeness (QED) is 0.648. The van der Waals surface area contributed by atoms with Crippen LogP contribution in [0.15, 0.2) is 29.2 Å². The van der Waals surface area contributed by atoms with Crippen molar-refractivity contribution in [1.29, 1.82) is 0 Å². The lowest BCUT2D eigenvalue weighted by Crippen LogP contribution is -2.40. The molecule has 0 aromatic heterocycles. The van der Waals surface area contributed by atoms with E-state index < -0.39 is 10.0 Å². The van der Waals surface area contributed by atoms with Crippen LogP contribution in [0.3, 0.4) is 0 Å². The molecule has 0 spiro atoms. The van der Waals surface area contributed by atoms with Gasteiger partial charge < -0.3 is 15.0 Å². The van der Waals surface area contributed by atoms with Gasteiger partial charge in [-0.05, 0) is 56.5 Å². The highest BCUT2D eigenvalue weighted by Gasteiger charge is 2.26. The van der Waals surface area contributed by atoms with Gasteiger partial charge in [0.05, 0.1) is 18.1 Å². The molecule has 2 aliphatic rings. The number of rotatable bonds is 8. The normalized spacial score (nSPS) is 21.8. The van der Waals surface area contributed by atoms with E-state index in [0.29, 0.717) is 44.5 Å². The summed E-state index contributed by atoms with van der Waals surface area (Å²) in [5.74, 6) is -0.161. The molecular weight excluding hydrogens is 390 g/mol. The number of carbonyl (C=O) groups excluding carboxylic acids is 1. The molecule has 1 amide bonds. The van der Waals surface area contributed by atoms with Crippen molar-refractivity contribution in [3.8, 4) is 0 Å². The Balaban J connectivity index is 1.47. The Hall–Kier alpha value is -1.48. The van der Waals surface area contributed by atoms with E-state index in [1.165, 1.54) is 42.1 Å². The molecule has 0 bridgehead atoms. The smallest absolute Gasteiger partial charge is 0.251 e. The Bertz CT molecular complexity index is 761. The second-order valence-corrected chi connectivity index (χ2v) is 9.68. The van der Waals surface area contributed by atoms with Gasteiger partial charge in [-0.3, -0.25) is 4.79 Å². The van der Waals surface area contributed by atoms with Gasteiger partial charge in [0.15, 0.2) is 0 Å². The van der Waals surface area contributed by atoms with Crippen LogP contribution in [0.2, 0.25) is 0 Å². The lowest BCUT2D eigenvalue weighted by molar-refractivity contribution is 0.0730. The van der Waals surface area contributed by atoms with Gasteiger partial charge in [0, 0.05) is 37.8 Å². The Labute approximate surface area is 174 Å². The standard InChI is InChI=1S/C21H33N3O4S/c1-2-19-6-3-4-12-23(19)13-5-11-22-21(25)18-7-9-20(10-8-18)29(26,27)24-14-16-28-17-15-24/h7-10,19H,2-6,11-17H2,1H3,(H,22,25)/t19-/m0/s1. The lowest BCUT2D eigenvalue weighted by Gasteiger charge is -2.35. The Morgan fingerprint density at radius 3 is 2.55 bits per heavy atom. The predicted molar refractivity (Wildman–Crippen MR) is 112 cm³/mol. The summed E-state index contributed by atoms with van der Waals surface area (Å²) < 4.78 is 31.9. The number of carbonyl (C=O) groups is 1. The van der Waals surface area contributed by atoms with Crippen LogP contribution in [-0.4, -0.2) is 75.5 Å². The fraction of sp³-hybridized carbons (Fsp3) is 0.667. The zero-order valence-electron chi connectivity index (χ0n) is 17.3. The van der Waals surface area contributed by atoms with Crippen LogP contribution in [0.1, 0.15) is 49.4 Å². The first-order chi connectivity index (χ1) is 14.0. The Morgan fingerprint density at radius 1 is 1.14 bits per heavy atom. The van der Waals surface area contributed by atoms with Crippen molar-refractivity contribution < 1.29 is 17.9 Å². The van der Waals surface area contributed by atoms with Crippen LogP contribution in [-0.2, 0) is 14.8 Å². The van der Waals surface area contributed by atoms with Crippen LogP contribution in [0, 0.1) is 0 Å². The van der Waals surface area contributed by atoms with E-state index in [4.69, 9.17) is 4.74 Å². The third-order valence-electron chi connectivity index (χ3n) is 5.85. The van der Waals surface area contributed by atoms with Gasteiger partial charge in [-0.1, -0.05) is 13.3 Å². The highest BCUT2D eigenvalue weighted by Crippen LogP contribution is 2.20. The number of amides is 1. The minimum atomic E-state index is -3.53. The van der Waals surface area contributed by atoms with Crippen LogP contribution >= 0.6 is 0 Å². The van der Waals surface area contributed by atoms with E-state index in [1.54, 1.807) is 12.1 Å². The summed E-state index contributed by atoms with van der Waals surface area (Å²) in [6, 6.07) is 6.87. The molecule has 8 heteroatoms. The maximum absolute atomic E-state index is 12.6. The maximum atomic E-state index is 12.6. The highest BCUT2D eigenvalue weighted by molar-refractivity contribution is 7.89. The number of hydrogen-bond donors (Lipinski definition) is 1. The van der Waals surface area contributed by atoms with Crippen LogP contribution in [0.25, 0.3) is 0 Å². The molecule has 29 heavy (non-hydrogen) atoms. The SMILES string of the molecule is CC[C@H]1CCCCN1CCCNC(=O)c1ccc(S(=O)(=O)N2CCOCC2)cc1. The van der Waals surface area contributed by atoms with Gasteiger partial charge in [0.1, 0.15) is 0 Å². The minimum Gasteiger partial charge on any atom is -0.379 e. The molecule has 2 saturated heterocycles. The zero-order chi connectivity index (χ0) is 20.7. The van der Waals surface area contributed by atoms with Crippen molar-refractivity contribution in [3.05, 3.63) is 29.8 Å². The van der Waals surface area contributed by atoms with Crippen molar-refractivity contribution >= 4 is 15.9 Å². The molecule has 162 valence electrons. The first-order valence-corrected chi connectivity index (χ1v) is 12.2. The molecule has 1 aromatic carbocycles. The number of piperidine rings is 1. The maximum Gasteiger partial charge on any atom is 0.251 e. The summed E-state index contributed by atoms with van der Waals surface area (Å²) in [5.41, 5.74) is 0.482. The topological polar surface area (TPSA) is 79.0 Å². The largest absolute Gasteiger partial charge is 0.379 e. The first kappa shape index (κ1) is 22.2. The van der Waals surface area contributed by atoms with Crippen molar-refractivity contribution in [2.24, 2.45) is 0 Å². The van der Waals surface area contributed by atoms with E-state index in [2.05, 4.69) is 17.1 Å². The zero-order valence-corrected chi connectivity index (χ0v) is 18.1. The van der Waals surface area contributed by atoms with Gasteiger partial charge in [0.25, 0.3) is 5.91 Å². The van der Waals surface area contributed by atoms with Gasteiger partial charge in [-0.25, -0.2) is 8.42 Å². The van der Waals surface area contributed by atoms with E-state index >= 15 is 0 Å². The van der Waals surface area contributed by atoms with Crippen LogP contribution in [0.4, 0.5) is 0 Å². The minimum absolute atomic E-state index is 0.161. The molecule has 3 rings (SSSR count). The fourth-order valence-electron chi connectivity index (χ4n) is 4.12. The number of ether oxygens (including phenoxy) is 1. The number of morpholine rings is 1. The summed E-state index contributed by atoms with van der Waals surface area (Å²) in [5, 5.41) is 2.95. The summed E-state index contributed by atoms with van der Waals surface area (Å²) in [4.78, 5) is 15.1. The van der Waals surface area contributed by atoms with Gasteiger partial charge in [-0.2, -0.15) is 4.31 Å². The third-order valence-corrected chi connectivity index (χ3v) is 7.77. The average molecular weight is 424 g/mol. The van der Waals surface area contributed by atoms with E-state index in [-0.39, 0.29) is 10.8 Å². The molecule has 0 radical (unpaired) electrons. The molecule has 0 aliphatic carbocycles. The number of benzene rings is 1. The van der Waals surface area contributed by atoms with E-state index in [9.17, 15) is 13.2 Å². The van der Waals surface area contributed by atoms with Crippen LogP contribution in [0.5, 0.6) is 0 Å². The van der Waals surface area contributed by atoms with Gasteiger partial charge >= 0.3 is 0 Å². The summed E-state index contributed by atoms with van der Waals surface area (Å²) in [6.45, 7) is 6.58. The molecule has 2 fully saturated rings. The fourth-order valence-corrected chi connectivity index (χ4v) is 5.53. The lowest BCUT2D eigenvalue weighted by atomic mass is 10.00. The first-order valence-electron chi connectivity index (χ1n) is 10.7. The van der Waals surface area contributed by atoms with Gasteiger partial charge in [0.2, 0.25) is 10.0 Å². The number of nitrogens with one attached hydrogen (secondary N) is 1. The Kier molecular flexibility index (Phi) is 8.06. The summed E-state index contributed by atoms with van der Waals surface area (Å²) in [6.07, 6.45) is 5.98. The molecular formula is C21H33N3O4S. The third kappa shape index (κ3) is 5.78. The number of hydrogen-bond acceptors (Lipinski definition) is 5. The number of nitrogens with zero attached hydrogens (tertiary/aromatic N) is 2. The molecule has 1 aromatic rings. The number of sulfonamides is 1. The molecule has 7 nitrogen and oxygen atoms in total.